The van der Waals surface area contributed by atoms with Gasteiger partial charge in [0.05, 0.1) is 0 Å². The van der Waals surface area contributed by atoms with E-state index in [-0.39, 0.29) is 5.92 Å². The fraction of sp³-hybridized carbons (Fsp3) is 0.909. The van der Waals surface area contributed by atoms with Gasteiger partial charge in [-0.15, -0.1) is 0 Å². The van der Waals surface area contributed by atoms with Gasteiger partial charge in [-0.3, -0.25) is 4.79 Å². The van der Waals surface area contributed by atoms with Crippen molar-refractivity contribution < 1.29 is 9.90 Å². The fourth-order valence-corrected chi connectivity index (χ4v) is 1.49. The standard InChI is InChI=1S/C11H23NO2/c1-3-4-5-6-7-8-9(2)10(12)11(13)14/h9-10H,3-8,12H2,1-2H3,(H,13,14)/t9?,10-/m1/s1. The number of unbranched alkanes of at least 4 members (excludes halogenated alkanes) is 4. The lowest BCUT2D eigenvalue weighted by Gasteiger charge is -2.15. The molecule has 0 aliphatic heterocycles. The monoisotopic (exact) mass is 201 g/mol. The maximum atomic E-state index is 10.6. The van der Waals surface area contributed by atoms with E-state index in [1.165, 1.54) is 25.7 Å². The highest BCUT2D eigenvalue weighted by Gasteiger charge is 2.18. The number of hydrogen-bond donors (Lipinski definition) is 2. The molecule has 14 heavy (non-hydrogen) atoms. The molecule has 0 amide bonds. The predicted molar refractivity (Wildman–Crippen MR) is 58.2 cm³/mol. The van der Waals surface area contributed by atoms with Gasteiger partial charge in [-0.05, 0) is 12.3 Å². The van der Waals surface area contributed by atoms with Crippen molar-refractivity contribution in [1.29, 1.82) is 0 Å². The molecule has 3 N–H and O–H groups in total. The van der Waals surface area contributed by atoms with Crippen LogP contribution in [0, 0.1) is 5.92 Å². The molecular formula is C11H23NO2. The molecule has 0 bridgehead atoms. The summed E-state index contributed by atoms with van der Waals surface area (Å²) < 4.78 is 0. The second kappa shape index (κ2) is 7.80. The van der Waals surface area contributed by atoms with Crippen LogP contribution in [0.5, 0.6) is 0 Å². The lowest BCUT2D eigenvalue weighted by Crippen LogP contribution is -2.36. The van der Waals surface area contributed by atoms with Gasteiger partial charge in [-0.2, -0.15) is 0 Å². The van der Waals surface area contributed by atoms with Gasteiger partial charge in [-0.1, -0.05) is 46.0 Å². The molecule has 0 rings (SSSR count). The van der Waals surface area contributed by atoms with E-state index in [9.17, 15) is 4.79 Å². The largest absolute Gasteiger partial charge is 0.480 e. The van der Waals surface area contributed by atoms with Crippen LogP contribution < -0.4 is 5.73 Å². The van der Waals surface area contributed by atoms with Crippen LogP contribution in [0.4, 0.5) is 0 Å². The first-order chi connectivity index (χ1) is 6.59. The molecule has 0 fully saturated rings. The molecule has 0 heterocycles. The number of hydrogen-bond acceptors (Lipinski definition) is 2. The number of aliphatic carboxylic acids is 1. The highest BCUT2D eigenvalue weighted by Crippen LogP contribution is 2.13. The topological polar surface area (TPSA) is 63.3 Å². The molecular weight excluding hydrogens is 178 g/mol. The van der Waals surface area contributed by atoms with E-state index in [0.29, 0.717) is 0 Å². The molecule has 3 nitrogen and oxygen atoms in total. The van der Waals surface area contributed by atoms with Gasteiger partial charge in [0.1, 0.15) is 6.04 Å². The molecule has 2 atom stereocenters. The number of carboxylic acid groups (broad SMARTS) is 1. The summed E-state index contributed by atoms with van der Waals surface area (Å²) in [4.78, 5) is 10.6. The molecule has 0 aromatic carbocycles. The average Bonchev–Trinajstić information content (AvgIpc) is 2.16. The van der Waals surface area contributed by atoms with Gasteiger partial charge in [-0.25, -0.2) is 0 Å². The Balaban J connectivity index is 3.43. The number of nitrogens with two attached hydrogens (primary N) is 1. The summed E-state index contributed by atoms with van der Waals surface area (Å²) >= 11 is 0. The second-order valence-electron chi connectivity index (χ2n) is 4.04. The van der Waals surface area contributed by atoms with E-state index in [2.05, 4.69) is 6.92 Å². The molecule has 0 spiro atoms. The van der Waals surface area contributed by atoms with Gasteiger partial charge < -0.3 is 10.8 Å². The van der Waals surface area contributed by atoms with E-state index in [1.54, 1.807) is 0 Å². The SMILES string of the molecule is CCCCCCCC(C)[C@@H](N)C(=O)O. The van der Waals surface area contributed by atoms with Crippen molar-refractivity contribution in [2.45, 2.75) is 58.4 Å². The molecule has 0 aliphatic rings. The molecule has 0 radical (unpaired) electrons. The van der Waals surface area contributed by atoms with E-state index >= 15 is 0 Å². The second-order valence-corrected chi connectivity index (χ2v) is 4.04. The van der Waals surface area contributed by atoms with E-state index in [4.69, 9.17) is 10.8 Å². The number of carbonyl (C=O) groups is 1. The third kappa shape index (κ3) is 5.97. The Morgan fingerprint density at radius 1 is 1.29 bits per heavy atom. The van der Waals surface area contributed by atoms with Crippen LogP contribution in [0.1, 0.15) is 52.4 Å². The van der Waals surface area contributed by atoms with Crippen LogP contribution in [-0.4, -0.2) is 17.1 Å². The van der Waals surface area contributed by atoms with Crippen molar-refractivity contribution >= 4 is 5.97 Å². The van der Waals surface area contributed by atoms with Crippen LogP contribution in [0.15, 0.2) is 0 Å². The Kier molecular flexibility index (Phi) is 7.48. The van der Waals surface area contributed by atoms with E-state index in [1.807, 2.05) is 6.92 Å². The molecule has 3 heteroatoms. The highest BCUT2D eigenvalue weighted by molar-refractivity contribution is 5.73. The summed E-state index contributed by atoms with van der Waals surface area (Å²) in [6.45, 7) is 4.10. The van der Waals surface area contributed by atoms with Gasteiger partial charge >= 0.3 is 5.97 Å². The summed E-state index contributed by atoms with van der Waals surface area (Å²) in [5.74, 6) is -0.791. The third-order valence-electron chi connectivity index (χ3n) is 2.66. The smallest absolute Gasteiger partial charge is 0.320 e. The maximum absolute atomic E-state index is 10.6. The van der Waals surface area contributed by atoms with Crippen molar-refractivity contribution in [3.8, 4) is 0 Å². The first kappa shape index (κ1) is 13.4. The molecule has 84 valence electrons. The lowest BCUT2D eigenvalue weighted by molar-refractivity contribution is -0.139. The average molecular weight is 201 g/mol. The van der Waals surface area contributed by atoms with Crippen LogP contribution >= 0.6 is 0 Å². The maximum Gasteiger partial charge on any atom is 0.320 e. The fourth-order valence-electron chi connectivity index (χ4n) is 1.49. The summed E-state index contributed by atoms with van der Waals surface area (Å²) in [6, 6.07) is -0.693. The van der Waals surface area contributed by atoms with Crippen molar-refractivity contribution in [1.82, 2.24) is 0 Å². The van der Waals surface area contributed by atoms with E-state index in [0.717, 1.165) is 12.8 Å². The zero-order valence-electron chi connectivity index (χ0n) is 9.33. The highest BCUT2D eigenvalue weighted by atomic mass is 16.4. The molecule has 0 aromatic rings. The Bertz CT molecular complexity index is 159. The van der Waals surface area contributed by atoms with Crippen LogP contribution in [0.25, 0.3) is 0 Å². The minimum atomic E-state index is -0.883. The Hall–Kier alpha value is -0.570. The lowest BCUT2D eigenvalue weighted by atomic mass is 9.95. The Labute approximate surface area is 86.7 Å². The van der Waals surface area contributed by atoms with Crippen molar-refractivity contribution in [2.75, 3.05) is 0 Å². The summed E-state index contributed by atoms with van der Waals surface area (Å²) in [5.41, 5.74) is 5.50. The van der Waals surface area contributed by atoms with Gasteiger partial charge in [0.15, 0.2) is 0 Å². The van der Waals surface area contributed by atoms with Crippen molar-refractivity contribution in [2.24, 2.45) is 11.7 Å². The van der Waals surface area contributed by atoms with Crippen LogP contribution in [0.2, 0.25) is 0 Å². The Morgan fingerprint density at radius 2 is 1.86 bits per heavy atom. The minimum Gasteiger partial charge on any atom is -0.480 e. The van der Waals surface area contributed by atoms with Gasteiger partial charge in [0.25, 0.3) is 0 Å². The third-order valence-corrected chi connectivity index (χ3v) is 2.66. The summed E-state index contributed by atoms with van der Waals surface area (Å²) in [5, 5.41) is 8.67. The molecule has 0 aliphatic carbocycles. The first-order valence-electron chi connectivity index (χ1n) is 5.58. The quantitative estimate of drug-likeness (QED) is 0.593. The van der Waals surface area contributed by atoms with Crippen LogP contribution in [-0.2, 0) is 4.79 Å². The Morgan fingerprint density at radius 3 is 2.36 bits per heavy atom. The summed E-state index contributed by atoms with van der Waals surface area (Å²) in [6.07, 6.45) is 7.00. The molecule has 0 aromatic heterocycles. The number of rotatable bonds is 8. The van der Waals surface area contributed by atoms with Crippen molar-refractivity contribution in [3.05, 3.63) is 0 Å². The minimum absolute atomic E-state index is 0.0918. The zero-order valence-corrected chi connectivity index (χ0v) is 9.33. The van der Waals surface area contributed by atoms with Gasteiger partial charge in [0, 0.05) is 0 Å². The molecule has 0 saturated carbocycles. The first-order valence-corrected chi connectivity index (χ1v) is 5.58. The predicted octanol–water partition coefficient (Wildman–Crippen LogP) is 2.39. The van der Waals surface area contributed by atoms with E-state index < -0.39 is 12.0 Å². The zero-order chi connectivity index (χ0) is 11.0. The summed E-state index contributed by atoms with van der Waals surface area (Å²) in [7, 11) is 0. The number of carboxylic acids is 1. The molecule has 1 unspecified atom stereocenters. The molecule has 0 saturated heterocycles. The van der Waals surface area contributed by atoms with Crippen molar-refractivity contribution in [3.63, 3.8) is 0 Å². The van der Waals surface area contributed by atoms with Gasteiger partial charge in [0.2, 0.25) is 0 Å². The van der Waals surface area contributed by atoms with Crippen LogP contribution in [0.3, 0.4) is 0 Å². The normalized spacial score (nSPS) is 15.1.